The van der Waals surface area contributed by atoms with Crippen molar-refractivity contribution < 1.29 is 8.83 Å². The number of para-hydroxylation sites is 3. The van der Waals surface area contributed by atoms with E-state index in [1.807, 2.05) is 24.3 Å². The van der Waals surface area contributed by atoms with Gasteiger partial charge in [0.25, 0.3) is 0 Å². The van der Waals surface area contributed by atoms with Gasteiger partial charge in [-0.05, 0) is 82.1 Å². The lowest BCUT2D eigenvalue weighted by Gasteiger charge is -2.29. The van der Waals surface area contributed by atoms with Crippen LogP contribution in [0.3, 0.4) is 0 Å². The molecule has 0 N–H and O–H groups in total. The third-order valence-electron chi connectivity index (χ3n) is 9.65. The predicted molar refractivity (Wildman–Crippen MR) is 204 cm³/mol. The molecule has 0 aliphatic heterocycles. The Morgan fingerprint density at radius 2 is 0.918 bits per heavy atom. The fourth-order valence-electron chi connectivity index (χ4n) is 7.44. The summed E-state index contributed by atoms with van der Waals surface area (Å²) in [5, 5.41) is 6.85. The summed E-state index contributed by atoms with van der Waals surface area (Å²) in [4.78, 5) is 2.39. The first-order chi connectivity index (χ1) is 24.3. The van der Waals surface area contributed by atoms with E-state index in [1.165, 1.54) is 16.3 Å². The van der Waals surface area contributed by atoms with Crippen molar-refractivity contribution in [3.63, 3.8) is 0 Å². The van der Waals surface area contributed by atoms with Crippen molar-refractivity contribution in [1.82, 2.24) is 0 Å². The number of benzene rings is 8. The van der Waals surface area contributed by atoms with E-state index >= 15 is 0 Å². The summed E-state index contributed by atoms with van der Waals surface area (Å²) < 4.78 is 12.8. The highest BCUT2D eigenvalue weighted by molar-refractivity contribution is 6.16. The lowest BCUT2D eigenvalue weighted by molar-refractivity contribution is 0.668. The van der Waals surface area contributed by atoms with Gasteiger partial charge in [0.2, 0.25) is 0 Å². The summed E-state index contributed by atoms with van der Waals surface area (Å²) in [6.45, 7) is 0. The van der Waals surface area contributed by atoms with Crippen LogP contribution in [0, 0.1) is 0 Å². The highest BCUT2D eigenvalue weighted by Crippen LogP contribution is 2.48. The van der Waals surface area contributed by atoms with Gasteiger partial charge in [0.1, 0.15) is 22.3 Å². The Balaban J connectivity index is 1.26. The normalized spacial score (nSPS) is 11.7. The van der Waals surface area contributed by atoms with E-state index in [4.69, 9.17) is 8.83 Å². The van der Waals surface area contributed by atoms with Gasteiger partial charge in [-0.1, -0.05) is 121 Å². The third kappa shape index (κ3) is 4.44. The van der Waals surface area contributed by atoms with Crippen LogP contribution in [0.1, 0.15) is 0 Å². The van der Waals surface area contributed by atoms with E-state index in [1.54, 1.807) is 0 Å². The Hall–Kier alpha value is -6.58. The summed E-state index contributed by atoms with van der Waals surface area (Å²) in [6.07, 6.45) is 0. The van der Waals surface area contributed by atoms with Gasteiger partial charge in [-0.2, -0.15) is 0 Å². The predicted octanol–water partition coefficient (Wildman–Crippen LogP) is 13.4. The standard InChI is InChI=1S/C46H29NO2/c1-2-13-31-28-33(27-26-30(31)12-1)32-14-9-15-34(29-32)47(40-21-11-25-44-46(40)38-18-5-8-23-42(38)49-44)39-20-6-3-16-35(39)36-19-10-24-43-45(36)37-17-4-7-22-41(37)48-43/h1-29H. The number of fused-ring (bicyclic) bond motifs is 7. The van der Waals surface area contributed by atoms with Crippen molar-refractivity contribution in [2.45, 2.75) is 0 Å². The van der Waals surface area contributed by atoms with Crippen molar-refractivity contribution >= 4 is 71.7 Å². The van der Waals surface area contributed by atoms with Crippen molar-refractivity contribution in [3.8, 4) is 22.3 Å². The number of rotatable bonds is 5. The summed E-state index contributed by atoms with van der Waals surface area (Å²) in [5.41, 5.74) is 11.2. The molecule has 230 valence electrons. The van der Waals surface area contributed by atoms with Gasteiger partial charge >= 0.3 is 0 Å². The minimum Gasteiger partial charge on any atom is -0.456 e. The lowest BCUT2D eigenvalue weighted by atomic mass is 9.96. The van der Waals surface area contributed by atoms with Crippen LogP contribution < -0.4 is 4.90 Å². The minimum absolute atomic E-state index is 0.856. The van der Waals surface area contributed by atoms with Gasteiger partial charge in [-0.15, -0.1) is 0 Å². The van der Waals surface area contributed by atoms with Crippen LogP contribution in [0.25, 0.3) is 76.9 Å². The summed E-state index contributed by atoms with van der Waals surface area (Å²) >= 11 is 0. The van der Waals surface area contributed by atoms with E-state index in [2.05, 4.69) is 157 Å². The van der Waals surface area contributed by atoms with E-state index < -0.39 is 0 Å². The van der Waals surface area contributed by atoms with Crippen LogP contribution in [-0.2, 0) is 0 Å². The molecule has 0 aliphatic carbocycles. The fraction of sp³-hybridized carbons (Fsp3) is 0. The summed E-state index contributed by atoms with van der Waals surface area (Å²) in [5.74, 6) is 0. The first kappa shape index (κ1) is 27.5. The molecule has 3 heteroatoms. The highest BCUT2D eigenvalue weighted by atomic mass is 16.3. The molecular formula is C46H29NO2. The van der Waals surface area contributed by atoms with E-state index in [-0.39, 0.29) is 0 Å². The van der Waals surface area contributed by atoms with Crippen LogP contribution in [0.2, 0.25) is 0 Å². The van der Waals surface area contributed by atoms with Gasteiger partial charge in [-0.25, -0.2) is 0 Å². The van der Waals surface area contributed by atoms with Gasteiger partial charge < -0.3 is 13.7 Å². The topological polar surface area (TPSA) is 29.5 Å². The Morgan fingerprint density at radius 1 is 0.347 bits per heavy atom. The molecule has 2 aromatic heterocycles. The molecule has 10 aromatic rings. The molecule has 49 heavy (non-hydrogen) atoms. The molecule has 8 aromatic carbocycles. The van der Waals surface area contributed by atoms with E-state index in [0.29, 0.717) is 0 Å². The number of hydrogen-bond donors (Lipinski definition) is 0. The molecule has 0 atom stereocenters. The van der Waals surface area contributed by atoms with Crippen molar-refractivity contribution in [2.75, 3.05) is 4.90 Å². The minimum atomic E-state index is 0.856. The Labute approximate surface area is 282 Å². The molecule has 3 nitrogen and oxygen atoms in total. The van der Waals surface area contributed by atoms with Crippen molar-refractivity contribution in [3.05, 3.63) is 176 Å². The van der Waals surface area contributed by atoms with Crippen LogP contribution >= 0.6 is 0 Å². The number of hydrogen-bond acceptors (Lipinski definition) is 3. The second-order valence-electron chi connectivity index (χ2n) is 12.5. The molecule has 0 unspecified atom stereocenters. The molecule has 0 saturated carbocycles. The van der Waals surface area contributed by atoms with Crippen LogP contribution in [-0.4, -0.2) is 0 Å². The first-order valence-corrected chi connectivity index (χ1v) is 16.6. The molecule has 0 saturated heterocycles. The highest BCUT2D eigenvalue weighted by Gasteiger charge is 2.23. The van der Waals surface area contributed by atoms with Crippen LogP contribution in [0.4, 0.5) is 17.1 Å². The van der Waals surface area contributed by atoms with Gasteiger partial charge in [0, 0.05) is 27.4 Å². The Morgan fingerprint density at radius 3 is 1.76 bits per heavy atom. The van der Waals surface area contributed by atoms with Gasteiger partial charge in [0.05, 0.1) is 16.8 Å². The average molecular weight is 628 g/mol. The molecule has 0 fully saturated rings. The number of furan rings is 2. The zero-order chi connectivity index (χ0) is 32.3. The van der Waals surface area contributed by atoms with Gasteiger partial charge in [0.15, 0.2) is 0 Å². The second kappa shape index (κ2) is 11.0. The Kier molecular flexibility index (Phi) is 6.18. The fourth-order valence-corrected chi connectivity index (χ4v) is 7.44. The monoisotopic (exact) mass is 627 g/mol. The quantitative estimate of drug-likeness (QED) is 0.190. The maximum atomic E-state index is 6.42. The molecule has 2 heterocycles. The maximum absolute atomic E-state index is 6.42. The third-order valence-corrected chi connectivity index (χ3v) is 9.65. The number of anilines is 3. The van der Waals surface area contributed by atoms with Crippen LogP contribution in [0.15, 0.2) is 185 Å². The smallest absolute Gasteiger partial charge is 0.137 e. The summed E-state index contributed by atoms with van der Waals surface area (Å²) in [7, 11) is 0. The van der Waals surface area contributed by atoms with Crippen molar-refractivity contribution in [2.24, 2.45) is 0 Å². The molecule has 0 bridgehead atoms. The SMILES string of the molecule is c1cc(-c2ccc3ccccc3c2)cc(N(c2ccccc2-c2cccc3oc4ccccc4c23)c2cccc3oc4ccccc4c23)c1. The first-order valence-electron chi connectivity index (χ1n) is 16.6. The second-order valence-corrected chi connectivity index (χ2v) is 12.5. The molecule has 0 spiro atoms. The molecule has 10 rings (SSSR count). The molecular weight excluding hydrogens is 599 g/mol. The van der Waals surface area contributed by atoms with E-state index in [0.717, 1.165) is 77.6 Å². The summed E-state index contributed by atoms with van der Waals surface area (Å²) in [6, 6.07) is 62.1. The molecule has 0 amide bonds. The lowest BCUT2D eigenvalue weighted by Crippen LogP contribution is -2.11. The van der Waals surface area contributed by atoms with Crippen LogP contribution in [0.5, 0.6) is 0 Å². The van der Waals surface area contributed by atoms with E-state index in [9.17, 15) is 0 Å². The molecule has 0 radical (unpaired) electrons. The number of nitrogens with zero attached hydrogens (tertiary/aromatic N) is 1. The maximum Gasteiger partial charge on any atom is 0.137 e. The zero-order valence-electron chi connectivity index (χ0n) is 26.5. The zero-order valence-corrected chi connectivity index (χ0v) is 26.5. The largest absolute Gasteiger partial charge is 0.456 e. The average Bonchev–Trinajstić information content (AvgIpc) is 3.74. The van der Waals surface area contributed by atoms with Crippen molar-refractivity contribution in [1.29, 1.82) is 0 Å². The van der Waals surface area contributed by atoms with Gasteiger partial charge in [-0.3, -0.25) is 0 Å². The molecule has 0 aliphatic rings. The Bertz CT molecular complexity index is 2860.